The van der Waals surface area contributed by atoms with Crippen LogP contribution in [0.25, 0.3) is 0 Å². The lowest BCUT2D eigenvalue weighted by atomic mass is 10.0. The highest BCUT2D eigenvalue weighted by molar-refractivity contribution is 7.85. The minimum absolute atomic E-state index is 0.110. The number of anilines is 1. The Morgan fingerprint density at radius 3 is 2.18 bits per heavy atom. The van der Waals surface area contributed by atoms with Crippen molar-refractivity contribution in [2.24, 2.45) is 15.3 Å². The van der Waals surface area contributed by atoms with Crippen LogP contribution in [0.15, 0.2) is 99.1 Å². The molecule has 0 fully saturated rings. The van der Waals surface area contributed by atoms with Crippen LogP contribution in [0.1, 0.15) is 5.56 Å². The smallest absolute Gasteiger partial charge is 0.282 e. The minimum Gasteiger partial charge on any atom is -0.282 e. The molecule has 1 aliphatic rings. The molecule has 0 spiro atoms. The van der Waals surface area contributed by atoms with Gasteiger partial charge in [0, 0.05) is 17.7 Å². The maximum Gasteiger partial charge on any atom is 0.294 e. The molecule has 1 aliphatic heterocycles. The van der Waals surface area contributed by atoms with Gasteiger partial charge in [0.1, 0.15) is 5.71 Å². The first-order valence-electron chi connectivity index (χ1n) is 9.45. The van der Waals surface area contributed by atoms with E-state index in [1.807, 2.05) is 0 Å². The van der Waals surface area contributed by atoms with Crippen molar-refractivity contribution in [3.63, 3.8) is 0 Å². The first-order chi connectivity index (χ1) is 15.7. The zero-order valence-corrected chi connectivity index (χ0v) is 17.5. The SMILES string of the molecule is O=C1[C@H](N=Nc2ccc(S(=O)(=O)O)cc2)C(c2ccc([N+](=O)[O-])cc2)=NN1c1ccccc1. The molecule has 0 aromatic heterocycles. The molecule has 1 amide bonds. The highest BCUT2D eigenvalue weighted by Crippen LogP contribution is 2.27. The molecule has 3 aromatic carbocycles. The number of hydrogen-bond acceptors (Lipinski definition) is 8. The fraction of sp³-hybridized carbons (Fsp3) is 0.0476. The first-order valence-corrected chi connectivity index (χ1v) is 10.9. The van der Waals surface area contributed by atoms with Crippen LogP contribution in [-0.2, 0) is 14.9 Å². The second-order valence-electron chi connectivity index (χ2n) is 6.86. The lowest BCUT2D eigenvalue weighted by Crippen LogP contribution is -2.30. The number of carbonyl (C=O) groups excluding carboxylic acids is 1. The van der Waals surface area contributed by atoms with Gasteiger partial charge in [-0.1, -0.05) is 18.2 Å². The molecule has 0 saturated heterocycles. The van der Waals surface area contributed by atoms with E-state index in [1.54, 1.807) is 30.3 Å². The maximum atomic E-state index is 13.1. The molecule has 0 unspecified atom stereocenters. The van der Waals surface area contributed by atoms with Crippen molar-refractivity contribution in [2.75, 3.05) is 5.01 Å². The van der Waals surface area contributed by atoms with Gasteiger partial charge >= 0.3 is 0 Å². The zero-order chi connectivity index (χ0) is 23.6. The normalized spacial score (nSPS) is 16.3. The van der Waals surface area contributed by atoms with Gasteiger partial charge < -0.3 is 0 Å². The van der Waals surface area contributed by atoms with Crippen molar-refractivity contribution in [1.29, 1.82) is 0 Å². The van der Waals surface area contributed by atoms with Crippen LogP contribution in [-0.4, -0.2) is 35.6 Å². The standard InChI is InChI=1S/C21H15N5O6S/c27-21-20(23-22-15-8-12-18(13-9-15)33(30,31)32)19(14-6-10-17(11-7-14)26(28)29)24-25(21)16-4-2-1-3-5-16/h1-13,20H,(H,30,31,32)/t20-/m1/s1. The largest absolute Gasteiger partial charge is 0.294 e. The molecule has 0 aliphatic carbocycles. The van der Waals surface area contributed by atoms with Gasteiger partial charge in [0.15, 0.2) is 6.04 Å². The third kappa shape index (κ3) is 4.66. The van der Waals surface area contributed by atoms with Crippen LogP contribution in [0.3, 0.4) is 0 Å². The number of hydrogen-bond donors (Lipinski definition) is 1. The average Bonchev–Trinajstić information content (AvgIpc) is 3.14. The molecule has 1 N–H and O–H groups in total. The summed E-state index contributed by atoms with van der Waals surface area (Å²) in [6.07, 6.45) is 0. The average molecular weight is 465 g/mol. The van der Waals surface area contributed by atoms with Gasteiger partial charge in [-0.2, -0.15) is 28.8 Å². The van der Waals surface area contributed by atoms with Gasteiger partial charge in [-0.3, -0.25) is 19.5 Å². The predicted octanol–water partition coefficient (Wildman–Crippen LogP) is 3.74. The second-order valence-corrected chi connectivity index (χ2v) is 8.28. The van der Waals surface area contributed by atoms with Crippen LogP contribution in [0.2, 0.25) is 0 Å². The lowest BCUT2D eigenvalue weighted by molar-refractivity contribution is -0.384. The quantitative estimate of drug-likeness (QED) is 0.253. The zero-order valence-electron chi connectivity index (χ0n) is 16.7. The van der Waals surface area contributed by atoms with Crippen LogP contribution >= 0.6 is 0 Å². The van der Waals surface area contributed by atoms with E-state index >= 15 is 0 Å². The van der Waals surface area contributed by atoms with Gasteiger partial charge in [0.25, 0.3) is 21.7 Å². The molecule has 1 heterocycles. The summed E-state index contributed by atoms with van der Waals surface area (Å²) >= 11 is 0. The van der Waals surface area contributed by atoms with Crippen molar-refractivity contribution >= 4 is 38.8 Å². The number of para-hydroxylation sites is 1. The topological polar surface area (TPSA) is 155 Å². The number of amides is 1. The number of carbonyl (C=O) groups is 1. The van der Waals surface area contributed by atoms with Crippen molar-refractivity contribution in [2.45, 2.75) is 10.9 Å². The van der Waals surface area contributed by atoms with Gasteiger partial charge in [0.2, 0.25) is 0 Å². The fourth-order valence-corrected chi connectivity index (χ4v) is 3.56. The molecule has 0 radical (unpaired) electrons. The molecule has 11 nitrogen and oxygen atoms in total. The van der Waals surface area contributed by atoms with E-state index < -0.39 is 27.0 Å². The summed E-state index contributed by atoms with van der Waals surface area (Å²) in [4.78, 5) is 23.2. The monoisotopic (exact) mass is 465 g/mol. The van der Waals surface area contributed by atoms with E-state index in [2.05, 4.69) is 15.3 Å². The number of rotatable bonds is 6. The number of nitro groups is 1. The van der Waals surface area contributed by atoms with E-state index in [-0.39, 0.29) is 22.0 Å². The molecule has 166 valence electrons. The van der Waals surface area contributed by atoms with Crippen molar-refractivity contribution in [1.82, 2.24) is 0 Å². The third-order valence-electron chi connectivity index (χ3n) is 4.71. The number of nitro benzene ring substituents is 1. The number of azo groups is 1. The van der Waals surface area contributed by atoms with Gasteiger partial charge in [-0.05, 0) is 48.5 Å². The van der Waals surface area contributed by atoms with Crippen LogP contribution in [0.4, 0.5) is 17.1 Å². The summed E-state index contributed by atoms with van der Waals surface area (Å²) in [5, 5.41) is 24.7. The van der Waals surface area contributed by atoms with Crippen LogP contribution in [0.5, 0.6) is 0 Å². The number of nitrogens with zero attached hydrogens (tertiary/aromatic N) is 5. The fourth-order valence-electron chi connectivity index (χ4n) is 3.08. The van der Waals surface area contributed by atoms with E-state index in [1.165, 1.54) is 41.4 Å². The molecule has 0 saturated carbocycles. The van der Waals surface area contributed by atoms with E-state index in [0.29, 0.717) is 11.3 Å². The Hall–Kier alpha value is -4.29. The third-order valence-corrected chi connectivity index (χ3v) is 5.58. The Morgan fingerprint density at radius 1 is 0.970 bits per heavy atom. The molecule has 1 atom stereocenters. The summed E-state index contributed by atoms with van der Waals surface area (Å²) in [6, 6.07) is 18.0. The molecule has 33 heavy (non-hydrogen) atoms. The summed E-state index contributed by atoms with van der Waals surface area (Å²) in [7, 11) is -4.35. The number of hydrazone groups is 1. The second kappa shape index (κ2) is 8.68. The van der Waals surface area contributed by atoms with E-state index in [0.717, 1.165) is 12.1 Å². The lowest BCUT2D eigenvalue weighted by Gasteiger charge is -2.11. The van der Waals surface area contributed by atoms with Gasteiger partial charge in [-0.15, -0.1) is 0 Å². The van der Waals surface area contributed by atoms with Crippen LogP contribution < -0.4 is 5.01 Å². The predicted molar refractivity (Wildman–Crippen MR) is 118 cm³/mol. The molecule has 3 aromatic rings. The highest BCUT2D eigenvalue weighted by Gasteiger charge is 2.38. The minimum atomic E-state index is -4.35. The molecule has 0 bridgehead atoms. The molecule has 12 heteroatoms. The summed E-state index contributed by atoms with van der Waals surface area (Å²) in [5.41, 5.74) is 1.35. The first kappa shape index (κ1) is 21.9. The van der Waals surface area contributed by atoms with Crippen molar-refractivity contribution < 1.29 is 22.7 Å². The van der Waals surface area contributed by atoms with Gasteiger partial charge in [0.05, 0.1) is 21.2 Å². The van der Waals surface area contributed by atoms with E-state index in [4.69, 9.17) is 4.55 Å². The van der Waals surface area contributed by atoms with Gasteiger partial charge in [-0.25, -0.2) is 0 Å². The molecule has 4 rings (SSSR count). The number of benzene rings is 3. The number of non-ortho nitro benzene ring substituents is 1. The van der Waals surface area contributed by atoms with Crippen molar-refractivity contribution in [3.8, 4) is 0 Å². The Labute approximate surface area is 187 Å². The molecular weight excluding hydrogens is 450 g/mol. The Bertz CT molecular complexity index is 1370. The summed E-state index contributed by atoms with van der Waals surface area (Å²) in [5.74, 6) is -0.479. The Kier molecular flexibility index (Phi) is 5.77. The Balaban J connectivity index is 1.69. The Morgan fingerprint density at radius 2 is 1.61 bits per heavy atom. The van der Waals surface area contributed by atoms with E-state index in [9.17, 15) is 23.3 Å². The molecular formula is C21H15N5O6S. The highest BCUT2D eigenvalue weighted by atomic mass is 32.2. The summed E-state index contributed by atoms with van der Waals surface area (Å²) < 4.78 is 31.4. The maximum absolute atomic E-state index is 13.1. The van der Waals surface area contributed by atoms with Crippen LogP contribution in [0, 0.1) is 10.1 Å². The van der Waals surface area contributed by atoms with Crippen molar-refractivity contribution in [3.05, 3.63) is 94.5 Å². The summed E-state index contributed by atoms with van der Waals surface area (Å²) in [6.45, 7) is 0.